The van der Waals surface area contributed by atoms with Crippen molar-refractivity contribution in [1.29, 1.82) is 0 Å². The quantitative estimate of drug-likeness (QED) is 0.414. The number of benzene rings is 2. The summed E-state index contributed by atoms with van der Waals surface area (Å²) in [5.74, 6) is -0.475. The highest BCUT2D eigenvalue weighted by molar-refractivity contribution is 7.89. The van der Waals surface area contributed by atoms with Crippen molar-refractivity contribution in [2.24, 2.45) is 4.99 Å². The largest absolute Gasteiger partial charge is 0.311 e. The van der Waals surface area contributed by atoms with Gasteiger partial charge >= 0.3 is 0 Å². The Kier molecular flexibility index (Phi) is 7.12. The molecule has 1 aliphatic heterocycles. The Morgan fingerprint density at radius 3 is 2.64 bits per heavy atom. The molecule has 1 amide bonds. The zero-order chi connectivity index (χ0) is 23.8. The van der Waals surface area contributed by atoms with Crippen molar-refractivity contribution in [3.8, 4) is 0 Å². The predicted octanol–water partition coefficient (Wildman–Crippen LogP) is 5.50. The second kappa shape index (κ2) is 9.72. The lowest BCUT2D eigenvalue weighted by Gasteiger charge is -2.32. The highest BCUT2D eigenvalue weighted by Gasteiger charge is 2.30. The summed E-state index contributed by atoms with van der Waals surface area (Å²) in [5.41, 5.74) is 1.03. The minimum Gasteiger partial charge on any atom is -0.311 e. The summed E-state index contributed by atoms with van der Waals surface area (Å²) < 4.78 is 30.2. The zero-order valence-corrected chi connectivity index (χ0v) is 21.1. The summed E-state index contributed by atoms with van der Waals surface area (Å²) in [6, 6.07) is 9.33. The van der Waals surface area contributed by atoms with Gasteiger partial charge < -0.3 is 4.57 Å². The SMILES string of the molecule is C=CCn1c(=NC(=O)c2ccc(S(=O)(=O)N3CCCCC3C)cc2)sc2cc(Cl)cc(Cl)c21. The van der Waals surface area contributed by atoms with Crippen LogP contribution in [0.2, 0.25) is 10.0 Å². The third-order valence-corrected chi connectivity index (χ3v) is 9.21. The highest BCUT2D eigenvalue weighted by atomic mass is 35.5. The Morgan fingerprint density at radius 1 is 1.24 bits per heavy atom. The van der Waals surface area contributed by atoms with Crippen molar-refractivity contribution in [2.75, 3.05) is 6.54 Å². The van der Waals surface area contributed by atoms with Gasteiger partial charge in [-0.3, -0.25) is 4.79 Å². The molecule has 0 spiro atoms. The molecule has 2 heterocycles. The topological polar surface area (TPSA) is 71.7 Å². The van der Waals surface area contributed by atoms with Gasteiger partial charge in [-0.1, -0.05) is 47.0 Å². The van der Waals surface area contributed by atoms with E-state index in [2.05, 4.69) is 11.6 Å². The van der Waals surface area contributed by atoms with Crippen LogP contribution in [0.25, 0.3) is 10.2 Å². The van der Waals surface area contributed by atoms with Crippen molar-refractivity contribution in [3.63, 3.8) is 0 Å². The lowest BCUT2D eigenvalue weighted by molar-refractivity contribution is 0.0997. The van der Waals surface area contributed by atoms with Gasteiger partial charge in [-0.25, -0.2) is 8.42 Å². The first-order chi connectivity index (χ1) is 15.7. The van der Waals surface area contributed by atoms with Crippen LogP contribution in [0.4, 0.5) is 0 Å². The number of fused-ring (bicyclic) bond motifs is 1. The third kappa shape index (κ3) is 4.81. The first kappa shape index (κ1) is 24.2. The van der Waals surface area contributed by atoms with Crippen molar-refractivity contribution >= 4 is 60.7 Å². The second-order valence-electron chi connectivity index (χ2n) is 7.92. The van der Waals surface area contributed by atoms with Crippen molar-refractivity contribution < 1.29 is 13.2 Å². The standard InChI is InChI=1S/C23H23Cl2N3O3S2/c1-3-11-27-21-19(25)13-17(24)14-20(21)32-23(27)26-22(29)16-7-9-18(10-8-16)33(30,31)28-12-5-4-6-15(28)2/h3,7-10,13-15H,1,4-6,11-12H2,2H3. The number of allylic oxidation sites excluding steroid dienone is 1. The molecule has 0 N–H and O–H groups in total. The average Bonchev–Trinajstić information content (AvgIpc) is 3.11. The first-order valence-corrected chi connectivity index (χ1v) is 13.5. The van der Waals surface area contributed by atoms with Crippen molar-refractivity contribution in [3.05, 3.63) is 69.5 Å². The summed E-state index contributed by atoms with van der Waals surface area (Å²) in [5, 5.41) is 0.961. The molecule has 0 saturated carbocycles. The van der Waals surface area contributed by atoms with Gasteiger partial charge in [0.1, 0.15) is 0 Å². The number of piperidine rings is 1. The van der Waals surface area contributed by atoms with Gasteiger partial charge in [-0.05, 0) is 56.2 Å². The number of hydrogen-bond acceptors (Lipinski definition) is 4. The molecule has 10 heteroatoms. The monoisotopic (exact) mass is 523 g/mol. The van der Waals surface area contributed by atoms with E-state index < -0.39 is 15.9 Å². The van der Waals surface area contributed by atoms with Crippen molar-refractivity contribution in [1.82, 2.24) is 8.87 Å². The minimum atomic E-state index is -3.60. The third-order valence-electron chi connectivity index (χ3n) is 5.65. The van der Waals surface area contributed by atoms with E-state index in [4.69, 9.17) is 23.2 Å². The Labute approximate surface area is 206 Å². The maximum absolute atomic E-state index is 13.0. The Hall–Kier alpha value is -1.97. The lowest BCUT2D eigenvalue weighted by Crippen LogP contribution is -2.41. The predicted molar refractivity (Wildman–Crippen MR) is 134 cm³/mol. The Morgan fingerprint density at radius 2 is 1.97 bits per heavy atom. The van der Waals surface area contributed by atoms with Gasteiger partial charge in [0, 0.05) is 29.7 Å². The zero-order valence-electron chi connectivity index (χ0n) is 18.0. The smallest absolute Gasteiger partial charge is 0.279 e. The molecule has 2 aromatic carbocycles. The maximum Gasteiger partial charge on any atom is 0.279 e. The first-order valence-electron chi connectivity index (χ1n) is 10.5. The summed E-state index contributed by atoms with van der Waals surface area (Å²) in [6.07, 6.45) is 4.43. The number of nitrogens with zero attached hydrogens (tertiary/aromatic N) is 3. The minimum absolute atomic E-state index is 0.0337. The molecule has 1 saturated heterocycles. The summed E-state index contributed by atoms with van der Waals surface area (Å²) in [4.78, 5) is 17.8. The Bertz CT molecular complexity index is 1390. The molecule has 1 unspecified atom stereocenters. The van der Waals surface area contributed by atoms with Crippen LogP contribution in [-0.2, 0) is 16.6 Å². The Balaban J connectivity index is 1.68. The van der Waals surface area contributed by atoms with Crippen LogP contribution in [0.5, 0.6) is 0 Å². The average molecular weight is 524 g/mol. The molecule has 3 aromatic rings. The van der Waals surface area contributed by atoms with E-state index in [1.54, 1.807) is 27.1 Å². The molecular formula is C23H23Cl2N3O3S2. The molecule has 0 aliphatic carbocycles. The molecule has 6 nitrogen and oxygen atoms in total. The maximum atomic E-state index is 13.0. The fourth-order valence-electron chi connectivity index (χ4n) is 4.00. The lowest BCUT2D eigenvalue weighted by atomic mass is 10.1. The van der Waals surface area contributed by atoms with Crippen LogP contribution in [-0.4, -0.2) is 35.8 Å². The van der Waals surface area contributed by atoms with Gasteiger partial charge in [-0.15, -0.1) is 6.58 Å². The molecule has 1 fully saturated rings. The van der Waals surface area contributed by atoms with E-state index in [0.29, 0.717) is 33.5 Å². The van der Waals surface area contributed by atoms with E-state index in [0.717, 1.165) is 29.5 Å². The van der Waals surface area contributed by atoms with E-state index in [9.17, 15) is 13.2 Å². The molecule has 174 valence electrons. The van der Waals surface area contributed by atoms with E-state index in [-0.39, 0.29) is 10.9 Å². The van der Waals surface area contributed by atoms with Crippen LogP contribution in [0.15, 0.2) is 58.9 Å². The molecule has 1 aliphatic rings. The number of amides is 1. The van der Waals surface area contributed by atoms with Crippen LogP contribution in [0.1, 0.15) is 36.5 Å². The van der Waals surface area contributed by atoms with Gasteiger partial charge in [-0.2, -0.15) is 9.30 Å². The van der Waals surface area contributed by atoms with Crippen LogP contribution < -0.4 is 4.80 Å². The molecule has 1 aromatic heterocycles. The normalized spacial score (nSPS) is 18.0. The fraction of sp³-hybridized carbons (Fsp3) is 0.304. The number of carbonyl (C=O) groups excluding carboxylic acids is 1. The van der Waals surface area contributed by atoms with Crippen LogP contribution in [0.3, 0.4) is 0 Å². The summed E-state index contributed by atoms with van der Waals surface area (Å²) >= 11 is 13.8. The van der Waals surface area contributed by atoms with Gasteiger partial charge in [0.15, 0.2) is 4.80 Å². The number of thiazole rings is 1. The number of halogens is 2. The molecule has 4 rings (SSSR count). The van der Waals surface area contributed by atoms with Crippen LogP contribution in [0, 0.1) is 0 Å². The van der Waals surface area contributed by atoms with Crippen LogP contribution >= 0.6 is 34.5 Å². The van der Waals surface area contributed by atoms with Gasteiger partial charge in [0.25, 0.3) is 5.91 Å². The number of carbonyl (C=O) groups is 1. The highest BCUT2D eigenvalue weighted by Crippen LogP contribution is 2.30. The second-order valence-corrected chi connectivity index (χ2v) is 11.7. The van der Waals surface area contributed by atoms with Crippen molar-refractivity contribution in [2.45, 2.75) is 43.7 Å². The van der Waals surface area contributed by atoms with Gasteiger partial charge in [0.2, 0.25) is 10.0 Å². The number of hydrogen-bond donors (Lipinski definition) is 0. The number of rotatable bonds is 5. The number of sulfonamides is 1. The summed E-state index contributed by atoms with van der Waals surface area (Å²) in [6.45, 7) is 6.63. The van der Waals surface area contributed by atoms with E-state index >= 15 is 0 Å². The molecule has 0 radical (unpaired) electrons. The van der Waals surface area contributed by atoms with E-state index in [1.165, 1.54) is 35.6 Å². The molecular weight excluding hydrogens is 501 g/mol. The summed E-state index contributed by atoms with van der Waals surface area (Å²) in [7, 11) is -3.60. The van der Waals surface area contributed by atoms with Gasteiger partial charge in [0.05, 0.1) is 20.1 Å². The molecule has 1 atom stereocenters. The van der Waals surface area contributed by atoms with E-state index in [1.807, 2.05) is 6.92 Å². The molecule has 33 heavy (non-hydrogen) atoms. The number of aromatic nitrogens is 1. The fourth-order valence-corrected chi connectivity index (χ4v) is 7.52. The molecule has 0 bridgehead atoms.